The Morgan fingerprint density at radius 1 is 1.19 bits per heavy atom. The Hall–Kier alpha value is -2.82. The van der Waals surface area contributed by atoms with Crippen molar-refractivity contribution < 1.29 is 9.90 Å². The zero-order valence-corrected chi connectivity index (χ0v) is 14.7. The highest BCUT2D eigenvalue weighted by molar-refractivity contribution is 5.95. The van der Waals surface area contributed by atoms with Crippen molar-refractivity contribution in [3.8, 4) is 0 Å². The summed E-state index contributed by atoms with van der Waals surface area (Å²) in [6.07, 6.45) is 8.79. The molecule has 2 N–H and O–H groups in total. The van der Waals surface area contributed by atoms with Gasteiger partial charge in [0, 0.05) is 36.0 Å². The number of aryl methyl sites for hydroxylation is 1. The molecule has 3 aromatic rings. The van der Waals surface area contributed by atoms with Gasteiger partial charge < -0.3 is 15.0 Å². The molecule has 2 heterocycles. The fourth-order valence-corrected chi connectivity index (χ4v) is 3.74. The van der Waals surface area contributed by atoms with E-state index in [0.717, 1.165) is 24.1 Å². The Labute approximate surface area is 151 Å². The molecule has 1 aromatic carbocycles. The number of carboxylic acids is 1. The molecule has 5 heteroatoms. The van der Waals surface area contributed by atoms with E-state index in [-0.39, 0.29) is 5.56 Å². The predicted molar refractivity (Wildman–Crippen MR) is 101 cm³/mol. The minimum absolute atomic E-state index is 0.241. The number of carboxylic acid groups (broad SMARTS) is 1. The maximum atomic E-state index is 11.7. The number of rotatable bonds is 5. The van der Waals surface area contributed by atoms with Gasteiger partial charge in [-0.1, -0.05) is 0 Å². The third kappa shape index (κ3) is 2.64. The van der Waals surface area contributed by atoms with Gasteiger partial charge >= 0.3 is 5.97 Å². The van der Waals surface area contributed by atoms with E-state index in [4.69, 9.17) is 0 Å². The summed E-state index contributed by atoms with van der Waals surface area (Å²) in [4.78, 5) is 16.1. The van der Waals surface area contributed by atoms with E-state index in [1.165, 1.54) is 29.3 Å². The van der Waals surface area contributed by atoms with Crippen LogP contribution in [0.1, 0.15) is 59.0 Å². The van der Waals surface area contributed by atoms with Gasteiger partial charge in [-0.2, -0.15) is 0 Å². The molecule has 0 spiro atoms. The molecule has 5 nitrogen and oxygen atoms in total. The molecule has 2 aliphatic rings. The quantitative estimate of drug-likeness (QED) is 0.698. The van der Waals surface area contributed by atoms with Crippen molar-refractivity contribution >= 4 is 28.4 Å². The summed E-state index contributed by atoms with van der Waals surface area (Å²) in [6, 6.07) is 7.96. The number of nitrogens with one attached hydrogen (secondary N) is 1. The smallest absolute Gasteiger partial charge is 0.339 e. The Morgan fingerprint density at radius 3 is 2.65 bits per heavy atom. The van der Waals surface area contributed by atoms with Crippen LogP contribution in [0.5, 0.6) is 0 Å². The first kappa shape index (κ1) is 15.4. The number of hydrogen-bond acceptors (Lipinski definition) is 3. The van der Waals surface area contributed by atoms with Gasteiger partial charge in [0.2, 0.25) is 0 Å². The van der Waals surface area contributed by atoms with Gasteiger partial charge in [0.1, 0.15) is 11.4 Å². The lowest BCUT2D eigenvalue weighted by Gasteiger charge is -2.11. The largest absolute Gasteiger partial charge is 0.478 e. The topological polar surface area (TPSA) is 67.2 Å². The molecule has 2 fully saturated rings. The first-order valence-corrected chi connectivity index (χ1v) is 9.19. The van der Waals surface area contributed by atoms with Gasteiger partial charge in [0.15, 0.2) is 0 Å². The number of aromatic nitrogens is 2. The summed E-state index contributed by atoms with van der Waals surface area (Å²) in [5.41, 5.74) is 4.74. The zero-order chi connectivity index (χ0) is 17.8. The van der Waals surface area contributed by atoms with Crippen LogP contribution >= 0.6 is 0 Å². The van der Waals surface area contributed by atoms with Crippen LogP contribution in [0.2, 0.25) is 0 Å². The van der Waals surface area contributed by atoms with Crippen LogP contribution in [-0.4, -0.2) is 20.6 Å². The van der Waals surface area contributed by atoms with Crippen LogP contribution in [0.3, 0.4) is 0 Å². The Morgan fingerprint density at radius 2 is 1.96 bits per heavy atom. The average Bonchev–Trinajstić information content (AvgIpc) is 3.53. The van der Waals surface area contributed by atoms with E-state index in [1.807, 2.05) is 12.3 Å². The van der Waals surface area contributed by atoms with Crippen LogP contribution in [0, 0.1) is 0 Å². The third-order valence-electron chi connectivity index (χ3n) is 5.49. The predicted octanol–water partition coefficient (Wildman–Crippen LogP) is 4.77. The van der Waals surface area contributed by atoms with E-state index >= 15 is 0 Å². The monoisotopic (exact) mass is 347 g/mol. The van der Waals surface area contributed by atoms with E-state index < -0.39 is 5.97 Å². The molecule has 0 saturated heterocycles. The molecule has 0 bridgehead atoms. The maximum absolute atomic E-state index is 11.7. The van der Waals surface area contributed by atoms with Crippen molar-refractivity contribution in [3.63, 3.8) is 0 Å². The Kier molecular flexibility index (Phi) is 3.32. The highest BCUT2D eigenvalue weighted by Crippen LogP contribution is 2.44. The molecule has 0 unspecified atom stereocenters. The molecule has 26 heavy (non-hydrogen) atoms. The first-order valence-electron chi connectivity index (χ1n) is 9.19. The van der Waals surface area contributed by atoms with E-state index in [1.54, 1.807) is 6.07 Å². The average molecular weight is 347 g/mol. The van der Waals surface area contributed by atoms with Gasteiger partial charge in [-0.05, 0) is 72.9 Å². The van der Waals surface area contributed by atoms with Gasteiger partial charge in [-0.25, -0.2) is 9.78 Å². The normalized spacial score (nSPS) is 16.8. The lowest BCUT2D eigenvalue weighted by Crippen LogP contribution is -2.06. The number of pyridine rings is 1. The molecule has 0 amide bonds. The van der Waals surface area contributed by atoms with Gasteiger partial charge in [-0.15, -0.1) is 0 Å². The summed E-state index contributed by atoms with van der Waals surface area (Å²) < 4.78 is 2.16. The summed E-state index contributed by atoms with van der Waals surface area (Å²) in [5.74, 6) is 0.614. The summed E-state index contributed by atoms with van der Waals surface area (Å²) in [7, 11) is 2.07. The summed E-state index contributed by atoms with van der Waals surface area (Å²) >= 11 is 0. The second kappa shape index (κ2) is 5.59. The Bertz CT molecular complexity index is 1030. The molecule has 132 valence electrons. The summed E-state index contributed by atoms with van der Waals surface area (Å²) in [6.45, 7) is 0. The molecular weight excluding hydrogens is 326 g/mol. The van der Waals surface area contributed by atoms with Gasteiger partial charge in [-0.3, -0.25) is 0 Å². The number of carbonyl (C=O) groups is 1. The first-order chi connectivity index (χ1) is 12.6. The number of hydrogen-bond donors (Lipinski definition) is 2. The highest BCUT2D eigenvalue weighted by Gasteiger charge is 2.27. The lowest BCUT2D eigenvalue weighted by molar-refractivity contribution is 0.0697. The standard InChI is InChI=1S/C21H21N3O2/c1-24-11-18(13-4-5-13)16-9-15(6-7-19(16)24)23-20-17(21(25)26)8-14(10-22-20)12-2-3-12/h6-13H,2-5H2,1H3,(H,22,23)(H,25,26). The van der Waals surface area contributed by atoms with Crippen molar-refractivity contribution in [2.45, 2.75) is 37.5 Å². The van der Waals surface area contributed by atoms with Crippen LogP contribution in [0.25, 0.3) is 10.9 Å². The summed E-state index contributed by atoms with van der Waals surface area (Å²) in [5, 5.41) is 14.1. The number of fused-ring (bicyclic) bond motifs is 1. The van der Waals surface area contributed by atoms with Crippen molar-refractivity contribution in [1.29, 1.82) is 0 Å². The number of nitrogens with zero attached hydrogens (tertiary/aromatic N) is 2. The fourth-order valence-electron chi connectivity index (χ4n) is 3.74. The maximum Gasteiger partial charge on any atom is 0.339 e. The lowest BCUT2D eigenvalue weighted by atomic mass is 10.1. The van der Waals surface area contributed by atoms with Crippen LogP contribution in [0.15, 0.2) is 36.7 Å². The molecule has 0 aliphatic heterocycles. The molecular formula is C21H21N3O2. The molecule has 0 atom stereocenters. The minimum atomic E-state index is -0.943. The highest BCUT2D eigenvalue weighted by atomic mass is 16.4. The number of aromatic carboxylic acids is 1. The van der Waals surface area contributed by atoms with Gasteiger partial charge in [0.25, 0.3) is 0 Å². The van der Waals surface area contributed by atoms with E-state index in [0.29, 0.717) is 17.7 Å². The van der Waals surface area contributed by atoms with Crippen molar-refractivity contribution in [2.24, 2.45) is 7.05 Å². The Balaban J connectivity index is 1.52. The molecule has 2 aromatic heterocycles. The second-order valence-corrected chi connectivity index (χ2v) is 7.57. The zero-order valence-electron chi connectivity index (χ0n) is 14.7. The minimum Gasteiger partial charge on any atom is -0.478 e. The number of benzene rings is 1. The fraction of sp³-hybridized carbons (Fsp3) is 0.333. The third-order valence-corrected chi connectivity index (χ3v) is 5.49. The van der Waals surface area contributed by atoms with E-state index in [9.17, 15) is 9.90 Å². The number of anilines is 2. The van der Waals surface area contributed by atoms with Crippen molar-refractivity contribution in [1.82, 2.24) is 9.55 Å². The van der Waals surface area contributed by atoms with E-state index in [2.05, 4.69) is 40.2 Å². The second-order valence-electron chi connectivity index (χ2n) is 7.57. The SMILES string of the molecule is Cn1cc(C2CC2)c2cc(Nc3ncc(C4CC4)cc3C(=O)O)ccc21. The van der Waals surface area contributed by atoms with Gasteiger partial charge in [0.05, 0.1) is 0 Å². The van der Waals surface area contributed by atoms with Crippen molar-refractivity contribution in [3.05, 3.63) is 53.3 Å². The molecule has 2 saturated carbocycles. The molecule has 5 rings (SSSR count). The van der Waals surface area contributed by atoms with Crippen LogP contribution in [0.4, 0.5) is 11.5 Å². The van der Waals surface area contributed by atoms with Crippen LogP contribution < -0.4 is 5.32 Å². The molecule has 0 radical (unpaired) electrons. The molecule has 2 aliphatic carbocycles. The van der Waals surface area contributed by atoms with Crippen molar-refractivity contribution in [2.75, 3.05) is 5.32 Å². The van der Waals surface area contributed by atoms with Crippen LogP contribution in [-0.2, 0) is 7.05 Å².